The fourth-order valence-electron chi connectivity index (χ4n) is 5.27. The first-order valence-corrected chi connectivity index (χ1v) is 12.8. The van der Waals surface area contributed by atoms with Crippen molar-refractivity contribution < 1.29 is 23.9 Å². The average molecular weight is 487 g/mol. The van der Waals surface area contributed by atoms with Crippen molar-refractivity contribution in [3.63, 3.8) is 0 Å². The molecule has 35 heavy (non-hydrogen) atoms. The summed E-state index contributed by atoms with van der Waals surface area (Å²) < 4.78 is 11.2. The molecule has 0 radical (unpaired) electrons. The number of piperazine rings is 1. The summed E-state index contributed by atoms with van der Waals surface area (Å²) in [7, 11) is 1.56. The number of likely N-dealkylation sites (tertiary alicyclic amines) is 1. The summed E-state index contributed by atoms with van der Waals surface area (Å²) in [5.41, 5.74) is 0.476. The van der Waals surface area contributed by atoms with E-state index in [9.17, 15) is 14.4 Å². The topological polar surface area (TPSA) is 91.4 Å². The number of nitrogens with one attached hydrogen (secondary N) is 1. The number of carbonyl (C=O) groups is 3. The Hall–Kier alpha value is -2.65. The molecule has 0 saturated carbocycles. The number of methoxy groups -OCH3 is 1. The van der Waals surface area contributed by atoms with Gasteiger partial charge < -0.3 is 29.5 Å². The first kappa shape index (κ1) is 25.4. The minimum atomic E-state index is -0.608. The maximum absolute atomic E-state index is 13.7. The quantitative estimate of drug-likeness (QED) is 0.626. The van der Waals surface area contributed by atoms with Crippen molar-refractivity contribution in [2.75, 3.05) is 53.0 Å². The summed E-state index contributed by atoms with van der Waals surface area (Å²) in [6.45, 7) is 8.03. The second kappa shape index (κ2) is 11.4. The summed E-state index contributed by atoms with van der Waals surface area (Å²) >= 11 is 0. The lowest BCUT2D eigenvalue weighted by molar-refractivity contribution is -0.139. The third-order valence-electron chi connectivity index (χ3n) is 7.21. The fourth-order valence-corrected chi connectivity index (χ4v) is 5.27. The van der Waals surface area contributed by atoms with E-state index in [1.54, 1.807) is 36.3 Å². The Morgan fingerprint density at radius 1 is 1.23 bits per heavy atom. The van der Waals surface area contributed by atoms with Crippen LogP contribution in [-0.2, 0) is 14.3 Å². The number of hydrogen-bond donors (Lipinski definition) is 1. The molecule has 0 spiro atoms. The molecule has 3 amide bonds. The van der Waals surface area contributed by atoms with E-state index in [0.29, 0.717) is 50.5 Å². The number of ether oxygens (including phenoxy) is 2. The van der Waals surface area contributed by atoms with Crippen molar-refractivity contribution in [1.82, 2.24) is 20.0 Å². The van der Waals surface area contributed by atoms with E-state index in [4.69, 9.17) is 9.47 Å². The van der Waals surface area contributed by atoms with Gasteiger partial charge in [0.25, 0.3) is 5.91 Å². The van der Waals surface area contributed by atoms with Gasteiger partial charge in [0.05, 0.1) is 19.3 Å². The number of carbonyl (C=O) groups excluding carboxylic acids is 3. The highest BCUT2D eigenvalue weighted by Gasteiger charge is 2.45. The van der Waals surface area contributed by atoms with Gasteiger partial charge in [-0.25, -0.2) is 0 Å². The number of amides is 3. The van der Waals surface area contributed by atoms with E-state index < -0.39 is 6.04 Å². The van der Waals surface area contributed by atoms with Crippen molar-refractivity contribution >= 4 is 17.7 Å². The third-order valence-corrected chi connectivity index (χ3v) is 7.21. The second-order valence-electron chi connectivity index (χ2n) is 9.95. The fraction of sp³-hybridized carbons (Fsp3) is 0.654. The summed E-state index contributed by atoms with van der Waals surface area (Å²) in [6.07, 6.45) is 2.35. The van der Waals surface area contributed by atoms with Gasteiger partial charge in [-0.2, -0.15) is 0 Å². The molecule has 3 saturated heterocycles. The van der Waals surface area contributed by atoms with Crippen molar-refractivity contribution in [3.05, 3.63) is 29.8 Å². The predicted molar refractivity (Wildman–Crippen MR) is 131 cm³/mol. The summed E-state index contributed by atoms with van der Waals surface area (Å²) in [5.74, 6) is 0.191. The second-order valence-corrected chi connectivity index (χ2v) is 9.95. The lowest BCUT2D eigenvalue weighted by Crippen LogP contribution is -2.53. The molecular formula is C26H38N4O5. The highest BCUT2D eigenvalue weighted by atomic mass is 16.5. The van der Waals surface area contributed by atoms with Crippen LogP contribution in [0.25, 0.3) is 0 Å². The molecule has 192 valence electrons. The molecule has 3 aliphatic heterocycles. The molecule has 0 bridgehead atoms. The van der Waals surface area contributed by atoms with E-state index in [1.807, 2.05) is 23.6 Å². The van der Waals surface area contributed by atoms with Crippen molar-refractivity contribution in [2.24, 2.45) is 5.92 Å². The van der Waals surface area contributed by atoms with Gasteiger partial charge in [0.1, 0.15) is 11.8 Å². The molecule has 9 heteroatoms. The molecule has 3 fully saturated rings. The molecule has 3 unspecified atom stereocenters. The van der Waals surface area contributed by atoms with Gasteiger partial charge >= 0.3 is 0 Å². The van der Waals surface area contributed by atoms with Crippen LogP contribution in [0.2, 0.25) is 0 Å². The van der Waals surface area contributed by atoms with Crippen LogP contribution in [0, 0.1) is 5.92 Å². The van der Waals surface area contributed by atoms with Crippen LogP contribution in [0.5, 0.6) is 5.75 Å². The zero-order chi connectivity index (χ0) is 24.9. The average Bonchev–Trinajstić information content (AvgIpc) is 3.56. The normalized spacial score (nSPS) is 24.6. The Labute approximate surface area is 207 Å². The Bertz CT molecular complexity index is 911. The van der Waals surface area contributed by atoms with Crippen LogP contribution >= 0.6 is 0 Å². The standard InChI is InChI=1S/C26H38N4O5/c1-18(2)24(31)29(17-22-8-5-13-35-22)20-15-23(26(33)28-11-9-27-10-12-28)30(16-20)25(32)19-6-4-7-21(14-19)34-3/h4,6-7,14,18,20,22-23,27H,5,8-13,15-17H2,1-3H3. The Morgan fingerprint density at radius 2 is 2.00 bits per heavy atom. The predicted octanol–water partition coefficient (Wildman–Crippen LogP) is 1.37. The highest BCUT2D eigenvalue weighted by molar-refractivity contribution is 5.98. The van der Waals surface area contributed by atoms with Crippen LogP contribution < -0.4 is 10.1 Å². The lowest BCUT2D eigenvalue weighted by atomic mass is 10.1. The molecule has 1 N–H and O–H groups in total. The highest BCUT2D eigenvalue weighted by Crippen LogP contribution is 2.29. The number of benzene rings is 1. The van der Waals surface area contributed by atoms with Crippen LogP contribution in [0.4, 0.5) is 0 Å². The van der Waals surface area contributed by atoms with E-state index in [2.05, 4.69) is 5.32 Å². The van der Waals surface area contributed by atoms with Gasteiger partial charge in [0.15, 0.2) is 0 Å². The molecule has 1 aromatic rings. The van der Waals surface area contributed by atoms with Gasteiger partial charge in [-0.1, -0.05) is 19.9 Å². The third kappa shape index (κ3) is 5.78. The van der Waals surface area contributed by atoms with Crippen molar-refractivity contribution in [2.45, 2.75) is 51.3 Å². The molecule has 0 aromatic heterocycles. The summed E-state index contributed by atoms with van der Waals surface area (Å²) in [4.78, 5) is 46.0. The van der Waals surface area contributed by atoms with Crippen LogP contribution in [0.15, 0.2) is 24.3 Å². The lowest BCUT2D eigenvalue weighted by Gasteiger charge is -2.32. The zero-order valence-corrected chi connectivity index (χ0v) is 21.1. The maximum Gasteiger partial charge on any atom is 0.254 e. The maximum atomic E-state index is 13.7. The van der Waals surface area contributed by atoms with Crippen molar-refractivity contribution in [1.29, 1.82) is 0 Å². The van der Waals surface area contributed by atoms with Crippen LogP contribution in [-0.4, -0.2) is 104 Å². The first-order chi connectivity index (χ1) is 16.9. The summed E-state index contributed by atoms with van der Waals surface area (Å²) in [6, 6.07) is 6.17. The first-order valence-electron chi connectivity index (χ1n) is 12.8. The van der Waals surface area contributed by atoms with E-state index >= 15 is 0 Å². The van der Waals surface area contributed by atoms with Crippen LogP contribution in [0.1, 0.15) is 43.5 Å². The monoisotopic (exact) mass is 486 g/mol. The minimum absolute atomic E-state index is 0.00292. The van der Waals surface area contributed by atoms with Crippen molar-refractivity contribution in [3.8, 4) is 5.75 Å². The van der Waals surface area contributed by atoms with E-state index in [1.165, 1.54) is 0 Å². The molecule has 3 heterocycles. The van der Waals surface area contributed by atoms with Gasteiger partial charge in [-0.05, 0) is 37.5 Å². The Morgan fingerprint density at radius 3 is 2.66 bits per heavy atom. The van der Waals surface area contributed by atoms with Gasteiger partial charge in [-0.3, -0.25) is 14.4 Å². The SMILES string of the molecule is COc1cccc(C(=O)N2CC(N(CC3CCCO3)C(=O)C(C)C)CC2C(=O)N2CCNCC2)c1. The number of nitrogens with zero attached hydrogens (tertiary/aromatic N) is 3. The molecule has 0 aliphatic carbocycles. The molecule has 1 aromatic carbocycles. The molecule has 9 nitrogen and oxygen atoms in total. The smallest absolute Gasteiger partial charge is 0.254 e. The minimum Gasteiger partial charge on any atom is -0.497 e. The van der Waals surface area contributed by atoms with Gasteiger partial charge in [-0.15, -0.1) is 0 Å². The number of hydrogen-bond acceptors (Lipinski definition) is 6. The number of rotatable bonds is 7. The zero-order valence-electron chi connectivity index (χ0n) is 21.1. The van der Waals surface area contributed by atoms with E-state index in [-0.39, 0.29) is 35.8 Å². The largest absolute Gasteiger partial charge is 0.497 e. The molecule has 3 aliphatic rings. The summed E-state index contributed by atoms with van der Waals surface area (Å²) in [5, 5.41) is 3.27. The Balaban J connectivity index is 1.61. The molecule has 4 rings (SSSR count). The molecular weight excluding hydrogens is 448 g/mol. The molecule has 3 atom stereocenters. The van der Waals surface area contributed by atoms with Gasteiger partial charge in [0.2, 0.25) is 11.8 Å². The van der Waals surface area contributed by atoms with E-state index in [0.717, 1.165) is 25.9 Å². The van der Waals surface area contributed by atoms with Crippen LogP contribution in [0.3, 0.4) is 0 Å². The Kier molecular flexibility index (Phi) is 8.28. The van der Waals surface area contributed by atoms with Gasteiger partial charge in [0, 0.05) is 57.4 Å².